The molecule has 0 aromatic rings. The monoisotopic (exact) mass is 228 g/mol. The highest BCUT2D eigenvalue weighted by molar-refractivity contribution is 6.06. The second kappa shape index (κ2) is 4.41. The van der Waals surface area contributed by atoms with Crippen molar-refractivity contribution in [1.29, 1.82) is 0 Å². The Morgan fingerprint density at radius 3 is 2.25 bits per heavy atom. The number of ether oxygens (including phenoxy) is 1. The van der Waals surface area contributed by atoms with Gasteiger partial charge in [-0.05, 0) is 26.7 Å². The minimum atomic E-state index is -0.827. The van der Waals surface area contributed by atoms with Crippen molar-refractivity contribution in [3.63, 3.8) is 0 Å². The summed E-state index contributed by atoms with van der Waals surface area (Å²) in [5, 5.41) is 2.62. The van der Waals surface area contributed by atoms with Crippen LogP contribution in [0.4, 0.5) is 4.79 Å². The maximum absolute atomic E-state index is 11.9. The van der Waals surface area contributed by atoms with Crippen LogP contribution in [0.2, 0.25) is 0 Å². The van der Waals surface area contributed by atoms with Gasteiger partial charge in [0.25, 0.3) is 5.91 Å². The van der Waals surface area contributed by atoms with Crippen molar-refractivity contribution >= 4 is 11.9 Å². The van der Waals surface area contributed by atoms with Crippen LogP contribution >= 0.6 is 0 Å². The lowest BCUT2D eigenvalue weighted by Gasteiger charge is -2.23. The van der Waals surface area contributed by atoms with Gasteiger partial charge >= 0.3 is 6.03 Å². The van der Waals surface area contributed by atoms with Crippen molar-refractivity contribution in [2.45, 2.75) is 46.4 Å². The Labute approximate surface area is 96.1 Å². The van der Waals surface area contributed by atoms with Crippen molar-refractivity contribution in [3.05, 3.63) is 0 Å². The molecule has 1 aliphatic rings. The Morgan fingerprint density at radius 2 is 1.88 bits per heavy atom. The molecule has 0 spiro atoms. The normalized spacial score (nSPS) is 21.5. The summed E-state index contributed by atoms with van der Waals surface area (Å²) in [5.74, 6) is 0.130. The maximum atomic E-state index is 11.9. The van der Waals surface area contributed by atoms with E-state index in [-0.39, 0.29) is 11.9 Å². The molecule has 5 heteroatoms. The second-order valence-electron chi connectivity index (χ2n) is 5.06. The van der Waals surface area contributed by atoms with Gasteiger partial charge in [-0.25, -0.2) is 9.69 Å². The van der Waals surface area contributed by atoms with Gasteiger partial charge < -0.3 is 10.1 Å². The van der Waals surface area contributed by atoms with Crippen LogP contribution in [0.3, 0.4) is 0 Å². The first-order chi connectivity index (χ1) is 7.25. The molecular formula is C11H20N2O3. The van der Waals surface area contributed by atoms with Crippen molar-refractivity contribution in [2.75, 3.05) is 6.61 Å². The molecule has 1 fully saturated rings. The van der Waals surface area contributed by atoms with E-state index in [2.05, 4.69) is 5.32 Å². The average Bonchev–Trinajstić information content (AvgIpc) is 2.32. The molecule has 1 unspecified atom stereocenters. The molecule has 1 saturated heterocycles. The van der Waals surface area contributed by atoms with E-state index in [4.69, 9.17) is 4.74 Å². The van der Waals surface area contributed by atoms with E-state index in [0.717, 1.165) is 4.90 Å². The Balaban J connectivity index is 2.66. The summed E-state index contributed by atoms with van der Waals surface area (Å²) in [6.07, 6.45) is -0.517. The van der Waals surface area contributed by atoms with Crippen LogP contribution < -0.4 is 5.32 Å². The molecule has 0 bridgehead atoms. The van der Waals surface area contributed by atoms with Gasteiger partial charge in [0.15, 0.2) is 0 Å². The Kier molecular flexibility index (Phi) is 3.57. The zero-order valence-corrected chi connectivity index (χ0v) is 10.5. The molecule has 3 amide bonds. The predicted octanol–water partition coefficient (Wildman–Crippen LogP) is 1.34. The van der Waals surface area contributed by atoms with Crippen LogP contribution in [0.15, 0.2) is 0 Å². The van der Waals surface area contributed by atoms with Crippen LogP contribution in [0, 0.1) is 5.92 Å². The zero-order chi connectivity index (χ0) is 12.5. The van der Waals surface area contributed by atoms with Crippen molar-refractivity contribution in [1.82, 2.24) is 10.2 Å². The van der Waals surface area contributed by atoms with Crippen molar-refractivity contribution in [2.24, 2.45) is 5.92 Å². The molecule has 0 aliphatic carbocycles. The fourth-order valence-corrected chi connectivity index (χ4v) is 1.51. The molecule has 16 heavy (non-hydrogen) atoms. The van der Waals surface area contributed by atoms with Gasteiger partial charge in [-0.1, -0.05) is 13.8 Å². The summed E-state index contributed by atoms with van der Waals surface area (Å²) in [6, 6.07) is -0.383. The SMILES string of the molecule is CC(C)COC(C)N1C(=O)NC(C)(C)C1=O. The summed E-state index contributed by atoms with van der Waals surface area (Å²) >= 11 is 0. The highest BCUT2D eigenvalue weighted by atomic mass is 16.5. The average molecular weight is 228 g/mol. The summed E-state index contributed by atoms with van der Waals surface area (Å²) in [6.45, 7) is 9.63. The Hall–Kier alpha value is -1.10. The predicted molar refractivity (Wildman–Crippen MR) is 59.7 cm³/mol. The minimum absolute atomic E-state index is 0.242. The lowest BCUT2D eigenvalue weighted by atomic mass is 10.1. The first kappa shape index (κ1) is 13.0. The number of nitrogens with zero attached hydrogens (tertiary/aromatic N) is 1. The number of carbonyl (C=O) groups is 2. The standard InChI is InChI=1S/C11H20N2O3/c1-7(2)6-16-8(3)13-9(14)11(4,5)12-10(13)15/h7-8H,6H2,1-5H3,(H,12,15). The first-order valence-corrected chi connectivity index (χ1v) is 5.53. The van der Waals surface area contributed by atoms with Crippen LogP contribution in [0.25, 0.3) is 0 Å². The smallest absolute Gasteiger partial charge is 0.327 e. The topological polar surface area (TPSA) is 58.6 Å². The molecule has 0 saturated carbocycles. The third-order valence-corrected chi connectivity index (χ3v) is 2.43. The van der Waals surface area contributed by atoms with Crippen LogP contribution in [0.1, 0.15) is 34.6 Å². The number of hydrogen-bond acceptors (Lipinski definition) is 3. The van der Waals surface area contributed by atoms with E-state index in [9.17, 15) is 9.59 Å². The fourth-order valence-electron chi connectivity index (χ4n) is 1.51. The lowest BCUT2D eigenvalue weighted by molar-refractivity contribution is -0.139. The molecule has 1 heterocycles. The molecule has 0 aromatic carbocycles. The highest BCUT2D eigenvalue weighted by Crippen LogP contribution is 2.19. The van der Waals surface area contributed by atoms with Gasteiger partial charge in [0.1, 0.15) is 11.8 Å². The number of carbonyl (C=O) groups excluding carboxylic acids is 2. The molecule has 92 valence electrons. The van der Waals surface area contributed by atoms with E-state index in [1.165, 1.54) is 0 Å². The largest absolute Gasteiger partial charge is 0.358 e. The van der Waals surface area contributed by atoms with E-state index in [1.807, 2.05) is 13.8 Å². The number of nitrogens with one attached hydrogen (secondary N) is 1. The maximum Gasteiger partial charge on any atom is 0.327 e. The van der Waals surface area contributed by atoms with Crippen LogP contribution in [0.5, 0.6) is 0 Å². The number of rotatable bonds is 4. The number of urea groups is 1. The summed E-state index contributed by atoms with van der Waals surface area (Å²) < 4.78 is 5.47. The Bertz CT molecular complexity index is 300. The van der Waals surface area contributed by atoms with Crippen LogP contribution in [-0.4, -0.2) is 35.2 Å². The number of amides is 3. The number of imide groups is 1. The molecule has 1 atom stereocenters. The molecule has 5 nitrogen and oxygen atoms in total. The lowest BCUT2D eigenvalue weighted by Crippen LogP contribution is -2.43. The molecule has 0 aromatic heterocycles. The molecule has 0 radical (unpaired) electrons. The van der Waals surface area contributed by atoms with Crippen molar-refractivity contribution in [3.8, 4) is 0 Å². The third kappa shape index (κ3) is 2.52. The van der Waals surface area contributed by atoms with E-state index in [0.29, 0.717) is 12.5 Å². The first-order valence-electron chi connectivity index (χ1n) is 5.53. The fraction of sp³-hybridized carbons (Fsp3) is 0.818. The summed E-state index contributed by atoms with van der Waals surface area (Å²) in [5.41, 5.74) is -0.827. The highest BCUT2D eigenvalue weighted by Gasteiger charge is 2.46. The summed E-state index contributed by atoms with van der Waals surface area (Å²) in [4.78, 5) is 24.6. The van der Waals surface area contributed by atoms with E-state index >= 15 is 0 Å². The van der Waals surface area contributed by atoms with Gasteiger partial charge in [-0.2, -0.15) is 0 Å². The Morgan fingerprint density at radius 1 is 1.31 bits per heavy atom. The van der Waals surface area contributed by atoms with Gasteiger partial charge in [0.05, 0.1) is 6.61 Å². The van der Waals surface area contributed by atoms with Crippen molar-refractivity contribution < 1.29 is 14.3 Å². The van der Waals surface area contributed by atoms with Gasteiger partial charge in [0.2, 0.25) is 0 Å². The van der Waals surface area contributed by atoms with Gasteiger partial charge in [-0.3, -0.25) is 4.79 Å². The second-order valence-corrected chi connectivity index (χ2v) is 5.06. The number of hydrogen-bond donors (Lipinski definition) is 1. The molecule has 1 N–H and O–H groups in total. The quantitative estimate of drug-likeness (QED) is 0.739. The summed E-state index contributed by atoms with van der Waals surface area (Å²) in [7, 11) is 0. The minimum Gasteiger partial charge on any atom is -0.358 e. The zero-order valence-electron chi connectivity index (χ0n) is 10.5. The van der Waals surface area contributed by atoms with E-state index < -0.39 is 11.8 Å². The third-order valence-electron chi connectivity index (χ3n) is 2.43. The molecular weight excluding hydrogens is 208 g/mol. The molecule has 1 rings (SSSR count). The van der Waals surface area contributed by atoms with Crippen LogP contribution in [-0.2, 0) is 9.53 Å². The van der Waals surface area contributed by atoms with Gasteiger partial charge in [0, 0.05) is 0 Å². The molecule has 1 aliphatic heterocycles. The van der Waals surface area contributed by atoms with E-state index in [1.54, 1.807) is 20.8 Å². The van der Waals surface area contributed by atoms with Gasteiger partial charge in [-0.15, -0.1) is 0 Å².